The van der Waals surface area contributed by atoms with E-state index in [1.165, 1.54) is 0 Å². The Labute approximate surface area is 152 Å². The first-order valence-electron chi connectivity index (χ1n) is 7.99. The number of hydrogen-bond acceptors (Lipinski definition) is 5. The molecule has 1 atom stereocenters. The van der Waals surface area contributed by atoms with Gasteiger partial charge in [-0.3, -0.25) is 0 Å². The molecule has 2 aromatic rings. The molecule has 0 aliphatic carbocycles. The highest BCUT2D eigenvalue weighted by Gasteiger charge is 2.36. The van der Waals surface area contributed by atoms with Crippen molar-refractivity contribution in [1.82, 2.24) is 4.67 Å². The quantitative estimate of drug-likeness (QED) is 0.728. The van der Waals surface area contributed by atoms with Crippen molar-refractivity contribution in [2.45, 2.75) is 13.8 Å². The van der Waals surface area contributed by atoms with Crippen LogP contribution in [0.4, 0.5) is 11.4 Å². The number of benzene rings is 1. The Bertz CT molecular complexity index is 798. The Morgan fingerprint density at radius 2 is 1.96 bits per heavy atom. The number of anilines is 1. The molecule has 0 radical (unpaired) electrons. The van der Waals surface area contributed by atoms with Gasteiger partial charge in [-0.05, 0) is 41.5 Å². The molecule has 1 aromatic carbocycles. The number of hydrogen-bond donors (Lipinski definition) is 0. The zero-order chi connectivity index (χ0) is 17.3. The summed E-state index contributed by atoms with van der Waals surface area (Å²) in [6.07, 6.45) is -2.34. The van der Waals surface area contributed by atoms with Crippen molar-refractivity contribution in [1.29, 1.82) is 0 Å². The Morgan fingerprint density at radius 3 is 2.54 bits per heavy atom. The third-order valence-corrected chi connectivity index (χ3v) is 9.13. The summed E-state index contributed by atoms with van der Waals surface area (Å²) in [5, 5.41) is 3.08. The lowest BCUT2D eigenvalue weighted by molar-refractivity contribution is 0.448. The van der Waals surface area contributed by atoms with Gasteiger partial charge in [-0.15, -0.1) is 11.3 Å². The lowest BCUT2D eigenvalue weighted by Gasteiger charge is -2.36. The van der Waals surface area contributed by atoms with E-state index in [0.29, 0.717) is 5.90 Å². The maximum absolute atomic E-state index is 6.39. The van der Waals surface area contributed by atoms with Crippen LogP contribution in [-0.4, -0.2) is 37.8 Å². The van der Waals surface area contributed by atoms with Crippen molar-refractivity contribution in [2.24, 2.45) is 4.99 Å². The van der Waals surface area contributed by atoms with E-state index in [1.54, 1.807) is 11.3 Å². The number of aliphatic imine (C=N–C) groups is 1. The molecule has 24 heavy (non-hydrogen) atoms. The van der Waals surface area contributed by atoms with Crippen molar-refractivity contribution < 1.29 is 4.52 Å². The highest BCUT2D eigenvalue weighted by atomic mass is 32.4. The third-order valence-electron chi connectivity index (χ3n) is 4.05. The fourth-order valence-corrected chi connectivity index (χ4v) is 7.10. The molecule has 0 N–H and O–H groups in total. The average Bonchev–Trinajstić information content (AvgIpc) is 3.09. The third kappa shape index (κ3) is 3.04. The van der Waals surface area contributed by atoms with Gasteiger partial charge in [-0.25, -0.2) is 9.66 Å². The van der Waals surface area contributed by atoms with Crippen molar-refractivity contribution in [3.8, 4) is 0 Å². The van der Waals surface area contributed by atoms with Crippen LogP contribution in [0.3, 0.4) is 0 Å². The van der Waals surface area contributed by atoms with E-state index in [1.807, 2.05) is 31.6 Å². The summed E-state index contributed by atoms with van der Waals surface area (Å²) in [7, 11) is 4.07. The van der Waals surface area contributed by atoms with Crippen molar-refractivity contribution >= 4 is 52.1 Å². The van der Waals surface area contributed by atoms with Crippen molar-refractivity contribution in [3.05, 3.63) is 40.6 Å². The maximum atomic E-state index is 6.39. The molecule has 128 valence electrons. The van der Waals surface area contributed by atoms with Gasteiger partial charge in [0.15, 0.2) is 0 Å². The van der Waals surface area contributed by atoms with Crippen LogP contribution < -0.4 is 10.2 Å². The highest BCUT2D eigenvalue weighted by Crippen LogP contribution is 2.55. The number of nitrogens with zero attached hydrogens (tertiary/aromatic N) is 3. The van der Waals surface area contributed by atoms with Crippen LogP contribution in [0.15, 0.2) is 40.7 Å². The molecule has 4 nitrogen and oxygen atoms in total. The first-order valence-corrected chi connectivity index (χ1v) is 11.5. The van der Waals surface area contributed by atoms with Gasteiger partial charge in [0.2, 0.25) is 12.3 Å². The molecule has 0 amide bonds. The number of thiophene rings is 1. The summed E-state index contributed by atoms with van der Waals surface area (Å²) >= 11 is 7.74. The average molecular weight is 379 g/mol. The minimum Gasteiger partial charge on any atom is -0.430 e. The first kappa shape index (κ1) is 17.6. The second-order valence-electron chi connectivity index (χ2n) is 5.71. The Balaban J connectivity index is 2.19. The minimum absolute atomic E-state index is 0.656. The second kappa shape index (κ2) is 6.96. The van der Waals surface area contributed by atoms with E-state index in [4.69, 9.17) is 21.3 Å². The zero-order valence-electron chi connectivity index (χ0n) is 14.4. The topological polar surface area (TPSA) is 28.1 Å². The fraction of sp³-hybridized carbons (Fsp3) is 0.353. The summed E-state index contributed by atoms with van der Waals surface area (Å²) in [4.78, 5) is 7.90. The predicted molar refractivity (Wildman–Crippen MR) is 109 cm³/mol. The molecular formula is C17H22N3OPS2. The maximum Gasteiger partial charge on any atom is 0.236 e. The molecule has 3 rings (SSSR count). The monoisotopic (exact) mass is 379 g/mol. The van der Waals surface area contributed by atoms with Gasteiger partial charge in [-0.1, -0.05) is 19.9 Å². The second-order valence-corrected chi connectivity index (χ2v) is 10.4. The lowest BCUT2D eigenvalue weighted by Crippen LogP contribution is -2.31. The number of fused-ring (bicyclic) bond motifs is 1. The van der Waals surface area contributed by atoms with Crippen molar-refractivity contribution in [2.75, 3.05) is 32.1 Å². The molecule has 1 aliphatic heterocycles. The molecule has 1 unspecified atom stereocenters. The lowest BCUT2D eigenvalue weighted by atomic mass is 10.2. The van der Waals surface area contributed by atoms with Gasteiger partial charge in [-0.2, -0.15) is 0 Å². The van der Waals surface area contributed by atoms with Crippen LogP contribution in [-0.2, 0) is 16.3 Å². The Morgan fingerprint density at radius 1 is 1.21 bits per heavy atom. The van der Waals surface area contributed by atoms with Gasteiger partial charge in [0.05, 0.1) is 15.9 Å². The molecular weight excluding hydrogens is 357 g/mol. The SMILES string of the molecule is CCN(CC)P1(=S)OC(c2cccs2)=Nc2cc(N(C)C)ccc21. The van der Waals surface area contributed by atoms with Crippen LogP contribution in [0.1, 0.15) is 18.7 Å². The van der Waals surface area contributed by atoms with Gasteiger partial charge in [0.25, 0.3) is 0 Å². The van der Waals surface area contributed by atoms with Crippen LogP contribution in [0.5, 0.6) is 0 Å². The van der Waals surface area contributed by atoms with E-state index in [9.17, 15) is 0 Å². The normalized spacial score (nSPS) is 19.6. The minimum atomic E-state index is -2.34. The predicted octanol–water partition coefficient (Wildman–Crippen LogP) is 4.20. The van der Waals surface area contributed by atoms with Gasteiger partial charge >= 0.3 is 0 Å². The van der Waals surface area contributed by atoms with Crippen LogP contribution in [0, 0.1) is 0 Å². The molecule has 1 aliphatic rings. The van der Waals surface area contributed by atoms with Gasteiger partial charge < -0.3 is 9.42 Å². The van der Waals surface area contributed by atoms with E-state index in [2.05, 4.69) is 41.6 Å². The van der Waals surface area contributed by atoms with Crippen LogP contribution in [0.2, 0.25) is 0 Å². The van der Waals surface area contributed by atoms with E-state index in [0.717, 1.165) is 34.6 Å². The van der Waals surface area contributed by atoms with Crippen molar-refractivity contribution in [3.63, 3.8) is 0 Å². The van der Waals surface area contributed by atoms with E-state index >= 15 is 0 Å². The first-order chi connectivity index (χ1) is 11.5. The molecule has 0 bridgehead atoms. The summed E-state index contributed by atoms with van der Waals surface area (Å²) in [6, 6.07) is 10.3. The smallest absolute Gasteiger partial charge is 0.236 e. The molecule has 2 heterocycles. The standard InChI is InChI=1S/C17H22N3OPS2/c1-5-20(6-2)22(23)15-10-9-13(19(3)4)12-14(15)18-17(21-22)16-8-7-11-24-16/h7-12H,5-6H2,1-4H3. The Kier molecular flexibility index (Phi) is 5.11. The molecule has 1 aromatic heterocycles. The molecule has 0 saturated heterocycles. The largest absolute Gasteiger partial charge is 0.430 e. The molecule has 0 saturated carbocycles. The van der Waals surface area contributed by atoms with E-state index < -0.39 is 6.42 Å². The van der Waals surface area contributed by atoms with Gasteiger partial charge in [0.1, 0.15) is 0 Å². The summed E-state index contributed by atoms with van der Waals surface area (Å²) < 4.78 is 8.65. The van der Waals surface area contributed by atoms with Gasteiger partial charge in [0, 0.05) is 32.9 Å². The number of rotatable bonds is 5. The Hall–Kier alpha value is -1.20. The fourth-order valence-electron chi connectivity index (χ4n) is 2.72. The van der Waals surface area contributed by atoms with Crippen LogP contribution >= 0.6 is 17.8 Å². The summed E-state index contributed by atoms with van der Waals surface area (Å²) in [5.74, 6) is 0.656. The summed E-state index contributed by atoms with van der Waals surface area (Å²) in [6.45, 7) is 5.98. The molecule has 0 fully saturated rings. The zero-order valence-corrected chi connectivity index (χ0v) is 16.9. The highest BCUT2D eigenvalue weighted by molar-refractivity contribution is 8.15. The molecule has 7 heteroatoms. The molecule has 0 spiro atoms. The van der Waals surface area contributed by atoms with Crippen LogP contribution in [0.25, 0.3) is 0 Å². The summed E-state index contributed by atoms with van der Waals surface area (Å²) in [5.41, 5.74) is 2.05. The van der Waals surface area contributed by atoms with E-state index in [-0.39, 0.29) is 0 Å².